The summed E-state index contributed by atoms with van der Waals surface area (Å²) >= 11 is 0. The SMILES string of the molecule is CC(C)Cc1ccc(-c2nc(-c3ccc([C@@H]4C[C@@H](CC(=O)O)CN4)cc3)no2)cc1. The summed E-state index contributed by atoms with van der Waals surface area (Å²) in [6, 6.07) is 16.5. The van der Waals surface area contributed by atoms with Gasteiger partial charge in [0.1, 0.15) is 0 Å². The van der Waals surface area contributed by atoms with E-state index < -0.39 is 5.97 Å². The van der Waals surface area contributed by atoms with E-state index in [1.165, 1.54) is 5.56 Å². The smallest absolute Gasteiger partial charge is 0.303 e. The molecule has 0 unspecified atom stereocenters. The quantitative estimate of drug-likeness (QED) is 0.591. The van der Waals surface area contributed by atoms with Crippen molar-refractivity contribution in [2.24, 2.45) is 11.8 Å². The molecule has 6 heteroatoms. The van der Waals surface area contributed by atoms with E-state index in [-0.39, 0.29) is 18.4 Å². The Morgan fingerprint density at radius 3 is 2.50 bits per heavy atom. The van der Waals surface area contributed by atoms with Crippen LogP contribution in [0.15, 0.2) is 53.1 Å². The Kier molecular flexibility index (Phi) is 5.95. The summed E-state index contributed by atoms with van der Waals surface area (Å²) in [6.45, 7) is 5.16. The molecule has 30 heavy (non-hydrogen) atoms. The lowest BCUT2D eigenvalue weighted by atomic mass is 9.97. The predicted molar refractivity (Wildman–Crippen MR) is 115 cm³/mol. The number of carbonyl (C=O) groups is 1. The molecule has 1 aliphatic rings. The number of benzene rings is 2. The minimum atomic E-state index is -0.736. The van der Waals surface area contributed by atoms with E-state index in [2.05, 4.69) is 41.4 Å². The first-order valence-corrected chi connectivity index (χ1v) is 10.5. The van der Waals surface area contributed by atoms with Gasteiger partial charge in [-0.25, -0.2) is 0 Å². The Morgan fingerprint density at radius 2 is 1.83 bits per heavy atom. The molecule has 2 aromatic carbocycles. The van der Waals surface area contributed by atoms with Crippen molar-refractivity contribution in [3.8, 4) is 22.8 Å². The molecule has 0 amide bonds. The molecule has 2 atom stereocenters. The van der Waals surface area contributed by atoms with Gasteiger partial charge in [-0.05, 0) is 54.5 Å². The third-order valence-corrected chi connectivity index (χ3v) is 5.53. The third-order valence-electron chi connectivity index (χ3n) is 5.53. The maximum absolute atomic E-state index is 10.9. The lowest BCUT2D eigenvalue weighted by Gasteiger charge is -2.11. The van der Waals surface area contributed by atoms with Gasteiger partial charge in [0.25, 0.3) is 5.89 Å². The van der Waals surface area contributed by atoms with Crippen LogP contribution in [0.5, 0.6) is 0 Å². The highest BCUT2D eigenvalue weighted by Gasteiger charge is 2.26. The van der Waals surface area contributed by atoms with Crippen LogP contribution in [-0.2, 0) is 11.2 Å². The molecule has 0 aliphatic carbocycles. The molecule has 2 heterocycles. The number of rotatable bonds is 7. The fraction of sp³-hybridized carbons (Fsp3) is 0.375. The monoisotopic (exact) mass is 405 g/mol. The Balaban J connectivity index is 1.43. The summed E-state index contributed by atoms with van der Waals surface area (Å²) in [5.41, 5.74) is 4.26. The minimum absolute atomic E-state index is 0.180. The van der Waals surface area contributed by atoms with Gasteiger partial charge < -0.3 is 14.9 Å². The van der Waals surface area contributed by atoms with Crippen LogP contribution in [0, 0.1) is 11.8 Å². The number of nitrogens with one attached hydrogen (secondary N) is 1. The van der Waals surface area contributed by atoms with E-state index >= 15 is 0 Å². The van der Waals surface area contributed by atoms with Gasteiger partial charge in [-0.2, -0.15) is 4.98 Å². The summed E-state index contributed by atoms with van der Waals surface area (Å²) in [5, 5.41) is 16.5. The molecule has 1 aromatic heterocycles. The summed E-state index contributed by atoms with van der Waals surface area (Å²) in [4.78, 5) is 15.5. The van der Waals surface area contributed by atoms with Crippen LogP contribution in [0.25, 0.3) is 22.8 Å². The zero-order chi connectivity index (χ0) is 21.1. The summed E-state index contributed by atoms with van der Waals surface area (Å²) in [5.74, 6) is 1.14. The molecule has 4 rings (SSSR count). The predicted octanol–water partition coefficient (Wildman–Crippen LogP) is 4.73. The van der Waals surface area contributed by atoms with Crippen LogP contribution < -0.4 is 5.32 Å². The van der Waals surface area contributed by atoms with Crippen molar-refractivity contribution in [1.29, 1.82) is 0 Å². The number of aromatic nitrogens is 2. The molecule has 3 aromatic rings. The Bertz CT molecular complexity index is 993. The molecular formula is C24H27N3O3. The van der Waals surface area contributed by atoms with Crippen LogP contribution >= 0.6 is 0 Å². The average Bonchev–Trinajstić information content (AvgIpc) is 3.38. The first kappa shape index (κ1) is 20.3. The van der Waals surface area contributed by atoms with Crippen LogP contribution in [0.1, 0.15) is 43.9 Å². The fourth-order valence-corrected chi connectivity index (χ4v) is 4.04. The number of aliphatic carboxylic acids is 1. The Hall–Kier alpha value is -2.99. The fourth-order valence-electron chi connectivity index (χ4n) is 4.04. The third kappa shape index (κ3) is 4.76. The van der Waals surface area contributed by atoms with E-state index in [9.17, 15) is 4.79 Å². The van der Waals surface area contributed by atoms with Crippen LogP contribution in [-0.4, -0.2) is 27.8 Å². The van der Waals surface area contributed by atoms with Crippen molar-refractivity contribution >= 4 is 5.97 Å². The molecule has 1 fully saturated rings. The molecule has 0 saturated carbocycles. The van der Waals surface area contributed by atoms with Crippen LogP contribution in [0.2, 0.25) is 0 Å². The van der Waals surface area contributed by atoms with Crippen molar-refractivity contribution < 1.29 is 14.4 Å². The van der Waals surface area contributed by atoms with Gasteiger partial charge in [-0.3, -0.25) is 4.79 Å². The van der Waals surface area contributed by atoms with Gasteiger partial charge in [-0.15, -0.1) is 0 Å². The highest BCUT2D eigenvalue weighted by molar-refractivity contribution is 5.67. The van der Waals surface area contributed by atoms with E-state index in [1.807, 2.05) is 36.4 Å². The Labute approximate surface area is 176 Å². The second-order valence-corrected chi connectivity index (χ2v) is 8.50. The normalized spacial score (nSPS) is 18.8. The second kappa shape index (κ2) is 8.79. The maximum Gasteiger partial charge on any atom is 0.303 e. The first-order valence-electron chi connectivity index (χ1n) is 10.5. The van der Waals surface area contributed by atoms with E-state index in [4.69, 9.17) is 9.63 Å². The number of hydrogen-bond donors (Lipinski definition) is 2. The molecule has 2 N–H and O–H groups in total. The van der Waals surface area contributed by atoms with E-state index in [1.54, 1.807) is 0 Å². The lowest BCUT2D eigenvalue weighted by molar-refractivity contribution is -0.137. The summed E-state index contributed by atoms with van der Waals surface area (Å²) < 4.78 is 5.48. The number of carboxylic acid groups (broad SMARTS) is 1. The number of nitrogens with zero attached hydrogens (tertiary/aromatic N) is 2. The van der Waals surface area contributed by atoms with Crippen molar-refractivity contribution in [3.05, 3.63) is 59.7 Å². The molecular weight excluding hydrogens is 378 g/mol. The van der Waals surface area contributed by atoms with Gasteiger partial charge in [-0.1, -0.05) is 55.4 Å². The Morgan fingerprint density at radius 1 is 1.13 bits per heavy atom. The molecule has 0 spiro atoms. The van der Waals surface area contributed by atoms with Crippen LogP contribution in [0.3, 0.4) is 0 Å². The topological polar surface area (TPSA) is 88.2 Å². The second-order valence-electron chi connectivity index (χ2n) is 8.50. The van der Waals surface area contributed by atoms with Crippen molar-refractivity contribution in [1.82, 2.24) is 15.5 Å². The molecule has 156 valence electrons. The van der Waals surface area contributed by atoms with Gasteiger partial charge in [0.2, 0.25) is 5.82 Å². The zero-order valence-electron chi connectivity index (χ0n) is 17.3. The number of carboxylic acids is 1. The highest BCUT2D eigenvalue weighted by Crippen LogP contribution is 2.30. The highest BCUT2D eigenvalue weighted by atomic mass is 16.5. The van der Waals surface area contributed by atoms with Gasteiger partial charge in [0, 0.05) is 23.6 Å². The summed E-state index contributed by atoms with van der Waals surface area (Å²) in [7, 11) is 0. The molecule has 0 radical (unpaired) electrons. The average molecular weight is 405 g/mol. The maximum atomic E-state index is 10.9. The largest absolute Gasteiger partial charge is 0.481 e. The minimum Gasteiger partial charge on any atom is -0.481 e. The van der Waals surface area contributed by atoms with Crippen molar-refractivity contribution in [3.63, 3.8) is 0 Å². The van der Waals surface area contributed by atoms with Gasteiger partial charge in [0.05, 0.1) is 0 Å². The van der Waals surface area contributed by atoms with E-state index in [0.29, 0.717) is 17.6 Å². The van der Waals surface area contributed by atoms with Crippen LogP contribution in [0.4, 0.5) is 0 Å². The molecule has 0 bridgehead atoms. The molecule has 1 saturated heterocycles. The summed E-state index contributed by atoms with van der Waals surface area (Å²) in [6.07, 6.45) is 2.10. The first-order chi connectivity index (χ1) is 14.5. The number of hydrogen-bond acceptors (Lipinski definition) is 5. The molecule has 6 nitrogen and oxygen atoms in total. The van der Waals surface area contributed by atoms with Gasteiger partial charge >= 0.3 is 5.97 Å². The van der Waals surface area contributed by atoms with E-state index in [0.717, 1.165) is 36.1 Å². The zero-order valence-corrected chi connectivity index (χ0v) is 17.3. The van der Waals surface area contributed by atoms with Gasteiger partial charge in [0.15, 0.2) is 0 Å². The van der Waals surface area contributed by atoms with Crippen molar-refractivity contribution in [2.45, 2.75) is 39.2 Å². The lowest BCUT2D eigenvalue weighted by Crippen LogP contribution is -2.14. The standard InChI is InChI=1S/C24H27N3O3/c1-15(2)11-16-3-5-20(6-4-16)24-26-23(27-30-24)19-9-7-18(8-10-19)21-12-17(14-25-21)13-22(28)29/h3-10,15,17,21,25H,11-14H2,1-2H3,(H,28,29)/t17-,21-/m0/s1. The molecule has 1 aliphatic heterocycles. The van der Waals surface area contributed by atoms with Crippen molar-refractivity contribution in [2.75, 3.05) is 6.54 Å².